The van der Waals surface area contributed by atoms with Crippen LogP contribution in [0.15, 0.2) is 22.7 Å². The molecule has 0 saturated heterocycles. The Labute approximate surface area is 116 Å². The van der Waals surface area contributed by atoms with Crippen molar-refractivity contribution in [3.05, 3.63) is 45.2 Å². The third kappa shape index (κ3) is 2.75. The predicted molar refractivity (Wildman–Crippen MR) is 78.9 cm³/mol. The molecule has 0 radical (unpaired) electrons. The summed E-state index contributed by atoms with van der Waals surface area (Å²) in [5.74, 6) is 0. The van der Waals surface area contributed by atoms with Crippen LogP contribution < -0.4 is 5.32 Å². The summed E-state index contributed by atoms with van der Waals surface area (Å²) < 4.78 is 3.05. The topological polar surface area (TPSA) is 29.9 Å². The highest BCUT2D eigenvalue weighted by Crippen LogP contribution is 2.25. The molecule has 18 heavy (non-hydrogen) atoms. The fourth-order valence-corrected chi connectivity index (χ4v) is 2.88. The largest absolute Gasteiger partial charge is 0.379 e. The minimum Gasteiger partial charge on any atom is -0.379 e. The van der Waals surface area contributed by atoms with Crippen LogP contribution in [0.3, 0.4) is 0 Å². The second kappa shape index (κ2) is 5.14. The Morgan fingerprint density at radius 3 is 2.28 bits per heavy atom. The lowest BCUT2D eigenvalue weighted by atomic mass is 10.1. The van der Waals surface area contributed by atoms with Crippen molar-refractivity contribution >= 4 is 21.6 Å². The average Bonchev–Trinajstić information content (AvgIpc) is 2.55. The quantitative estimate of drug-likeness (QED) is 0.936. The molecule has 0 amide bonds. The van der Waals surface area contributed by atoms with E-state index in [9.17, 15) is 0 Å². The first-order valence-electron chi connectivity index (χ1n) is 5.97. The Bertz CT molecular complexity index is 549. The van der Waals surface area contributed by atoms with Crippen molar-refractivity contribution < 1.29 is 0 Å². The molecule has 0 unspecified atom stereocenters. The highest BCUT2D eigenvalue weighted by Gasteiger charge is 2.06. The lowest BCUT2D eigenvalue weighted by molar-refractivity contribution is 0.713. The maximum absolute atomic E-state index is 4.35. The number of hydrogen-bond donors (Lipinski definition) is 1. The molecule has 1 aromatic heterocycles. The molecule has 0 bridgehead atoms. The van der Waals surface area contributed by atoms with Gasteiger partial charge in [-0.3, -0.25) is 4.68 Å². The normalized spacial score (nSPS) is 10.7. The zero-order valence-corrected chi connectivity index (χ0v) is 12.8. The number of aromatic nitrogens is 2. The van der Waals surface area contributed by atoms with E-state index in [0.29, 0.717) is 0 Å². The molecule has 3 nitrogen and oxygen atoms in total. The van der Waals surface area contributed by atoms with Gasteiger partial charge < -0.3 is 5.32 Å². The van der Waals surface area contributed by atoms with E-state index >= 15 is 0 Å². The highest BCUT2D eigenvalue weighted by molar-refractivity contribution is 9.10. The van der Waals surface area contributed by atoms with Gasteiger partial charge in [0, 0.05) is 17.2 Å². The third-order valence-corrected chi connectivity index (χ3v) is 3.50. The molecular weight excluding hydrogens is 290 g/mol. The van der Waals surface area contributed by atoms with Gasteiger partial charge in [0.2, 0.25) is 0 Å². The van der Waals surface area contributed by atoms with Gasteiger partial charge in [0.1, 0.15) is 0 Å². The van der Waals surface area contributed by atoms with Crippen LogP contribution in [-0.4, -0.2) is 9.78 Å². The molecule has 0 atom stereocenters. The molecule has 2 aromatic rings. The van der Waals surface area contributed by atoms with Crippen LogP contribution in [0.5, 0.6) is 0 Å². The zero-order chi connectivity index (χ0) is 13.3. The van der Waals surface area contributed by atoms with Crippen LogP contribution in [0.25, 0.3) is 0 Å². The molecule has 2 rings (SSSR count). The monoisotopic (exact) mass is 307 g/mol. The van der Waals surface area contributed by atoms with E-state index in [4.69, 9.17) is 0 Å². The van der Waals surface area contributed by atoms with E-state index in [1.807, 2.05) is 18.7 Å². The van der Waals surface area contributed by atoms with Crippen LogP contribution in [0, 0.1) is 20.8 Å². The standard InChI is InChI=1S/C14H18BrN3/c1-9-5-12(15)6-10(2)14(9)16-8-13-7-11(3)17-18(13)4/h5-7,16H,8H2,1-4H3. The van der Waals surface area contributed by atoms with Crippen LogP contribution >= 0.6 is 15.9 Å². The first-order valence-corrected chi connectivity index (χ1v) is 6.77. The maximum Gasteiger partial charge on any atom is 0.0597 e. The lowest BCUT2D eigenvalue weighted by Gasteiger charge is -2.13. The summed E-state index contributed by atoms with van der Waals surface area (Å²) in [5, 5.41) is 7.85. The Kier molecular flexibility index (Phi) is 3.76. The molecule has 0 aliphatic carbocycles. The number of aryl methyl sites for hydroxylation is 4. The first kappa shape index (κ1) is 13.1. The third-order valence-electron chi connectivity index (χ3n) is 3.04. The van der Waals surface area contributed by atoms with Crippen molar-refractivity contribution in [2.24, 2.45) is 7.05 Å². The second-order valence-electron chi connectivity index (χ2n) is 4.67. The van der Waals surface area contributed by atoms with E-state index < -0.39 is 0 Å². The zero-order valence-electron chi connectivity index (χ0n) is 11.2. The summed E-state index contributed by atoms with van der Waals surface area (Å²) in [6.07, 6.45) is 0. The van der Waals surface area contributed by atoms with Crippen LogP contribution in [0.1, 0.15) is 22.5 Å². The van der Waals surface area contributed by atoms with Crippen molar-refractivity contribution in [3.63, 3.8) is 0 Å². The van der Waals surface area contributed by atoms with Crippen molar-refractivity contribution in [2.75, 3.05) is 5.32 Å². The van der Waals surface area contributed by atoms with Crippen LogP contribution in [0.2, 0.25) is 0 Å². The summed E-state index contributed by atoms with van der Waals surface area (Å²) in [4.78, 5) is 0. The van der Waals surface area contributed by atoms with Gasteiger partial charge in [-0.15, -0.1) is 0 Å². The van der Waals surface area contributed by atoms with Gasteiger partial charge in [0.15, 0.2) is 0 Å². The number of anilines is 1. The van der Waals surface area contributed by atoms with E-state index in [1.54, 1.807) is 0 Å². The fraction of sp³-hybridized carbons (Fsp3) is 0.357. The number of benzene rings is 1. The summed E-state index contributed by atoms with van der Waals surface area (Å²) in [7, 11) is 1.98. The van der Waals surface area contributed by atoms with Gasteiger partial charge in [-0.05, 0) is 50.1 Å². The van der Waals surface area contributed by atoms with Crippen molar-refractivity contribution in [2.45, 2.75) is 27.3 Å². The number of nitrogens with zero attached hydrogens (tertiary/aromatic N) is 2. The Hall–Kier alpha value is -1.29. The smallest absolute Gasteiger partial charge is 0.0597 e. The highest BCUT2D eigenvalue weighted by atomic mass is 79.9. The van der Waals surface area contributed by atoms with Gasteiger partial charge in [0.25, 0.3) is 0 Å². The Balaban J connectivity index is 2.18. The second-order valence-corrected chi connectivity index (χ2v) is 5.58. The van der Waals surface area contributed by atoms with E-state index in [2.05, 4.69) is 58.4 Å². The molecule has 0 saturated carbocycles. The molecule has 0 aliphatic heterocycles. The van der Waals surface area contributed by atoms with Gasteiger partial charge in [-0.2, -0.15) is 5.10 Å². The molecule has 4 heteroatoms. The number of halogens is 1. The van der Waals surface area contributed by atoms with Gasteiger partial charge in [0.05, 0.1) is 17.9 Å². The van der Waals surface area contributed by atoms with Gasteiger partial charge >= 0.3 is 0 Å². The predicted octanol–water partition coefficient (Wildman–Crippen LogP) is 3.72. The molecule has 0 aliphatic rings. The molecule has 0 fully saturated rings. The van der Waals surface area contributed by atoms with Crippen LogP contribution in [-0.2, 0) is 13.6 Å². The number of nitrogens with one attached hydrogen (secondary N) is 1. The molecule has 1 heterocycles. The first-order chi connectivity index (χ1) is 8.47. The Morgan fingerprint density at radius 1 is 1.17 bits per heavy atom. The molecule has 1 aromatic carbocycles. The van der Waals surface area contributed by atoms with Crippen LogP contribution in [0.4, 0.5) is 5.69 Å². The number of rotatable bonds is 3. The van der Waals surface area contributed by atoms with E-state index in [-0.39, 0.29) is 0 Å². The fourth-order valence-electron chi connectivity index (χ4n) is 2.20. The summed E-state index contributed by atoms with van der Waals surface area (Å²) in [6.45, 7) is 7.05. The van der Waals surface area contributed by atoms with Gasteiger partial charge in [-0.1, -0.05) is 15.9 Å². The van der Waals surface area contributed by atoms with E-state index in [1.165, 1.54) is 22.5 Å². The Morgan fingerprint density at radius 2 is 1.78 bits per heavy atom. The molecule has 96 valence electrons. The lowest BCUT2D eigenvalue weighted by Crippen LogP contribution is -2.07. The van der Waals surface area contributed by atoms with Crippen molar-refractivity contribution in [1.29, 1.82) is 0 Å². The average molecular weight is 308 g/mol. The SMILES string of the molecule is Cc1cc(CNc2c(C)cc(Br)cc2C)n(C)n1. The van der Waals surface area contributed by atoms with E-state index in [0.717, 1.165) is 16.7 Å². The summed E-state index contributed by atoms with van der Waals surface area (Å²) in [6, 6.07) is 6.37. The maximum atomic E-state index is 4.35. The number of hydrogen-bond acceptors (Lipinski definition) is 2. The molecule has 0 spiro atoms. The summed E-state index contributed by atoms with van der Waals surface area (Å²) >= 11 is 3.52. The van der Waals surface area contributed by atoms with Crippen molar-refractivity contribution in [1.82, 2.24) is 9.78 Å². The van der Waals surface area contributed by atoms with Gasteiger partial charge in [-0.25, -0.2) is 0 Å². The summed E-state index contributed by atoms with van der Waals surface area (Å²) in [5.41, 5.74) is 5.95. The molecule has 1 N–H and O–H groups in total. The minimum absolute atomic E-state index is 0.792. The minimum atomic E-state index is 0.792. The van der Waals surface area contributed by atoms with Crippen molar-refractivity contribution in [3.8, 4) is 0 Å². The molecular formula is C14H18BrN3.